The van der Waals surface area contributed by atoms with E-state index in [-0.39, 0.29) is 23.6 Å². The molecule has 146 valence electrons. The SMILES string of the molecule is Cc1ccc(F)c2[nH]c3c(c12)[C@H]1CC[C@@H](C3)N1C(=O)c1cc(C(F)(F)F)[nH]n1. The third-order valence-electron chi connectivity index (χ3n) is 5.85. The highest BCUT2D eigenvalue weighted by atomic mass is 19.4. The number of benzene rings is 1. The van der Waals surface area contributed by atoms with Crippen molar-refractivity contribution in [3.63, 3.8) is 0 Å². The van der Waals surface area contributed by atoms with E-state index < -0.39 is 17.8 Å². The Bertz CT molecular complexity index is 1110. The number of rotatable bonds is 1. The number of aromatic nitrogens is 3. The van der Waals surface area contributed by atoms with Crippen molar-refractivity contribution in [2.45, 2.75) is 44.4 Å². The number of amides is 1. The van der Waals surface area contributed by atoms with Crippen molar-refractivity contribution >= 4 is 16.8 Å². The Hall–Kier alpha value is -2.84. The summed E-state index contributed by atoms with van der Waals surface area (Å²) in [6.07, 6.45) is -2.65. The van der Waals surface area contributed by atoms with Gasteiger partial charge in [0.15, 0.2) is 5.69 Å². The largest absolute Gasteiger partial charge is 0.432 e. The van der Waals surface area contributed by atoms with Crippen molar-refractivity contribution in [2.75, 3.05) is 0 Å². The number of aryl methyl sites for hydroxylation is 1. The molecule has 2 N–H and O–H groups in total. The summed E-state index contributed by atoms with van der Waals surface area (Å²) in [5, 5.41) is 6.25. The number of fused-ring (bicyclic) bond motifs is 6. The molecule has 0 unspecified atom stereocenters. The van der Waals surface area contributed by atoms with Crippen LogP contribution in [0.5, 0.6) is 0 Å². The van der Waals surface area contributed by atoms with E-state index in [2.05, 4.69) is 10.1 Å². The molecule has 2 aliphatic heterocycles. The van der Waals surface area contributed by atoms with Crippen LogP contribution in [0.15, 0.2) is 18.2 Å². The van der Waals surface area contributed by atoms with E-state index >= 15 is 0 Å². The quantitative estimate of drug-likeness (QED) is 0.608. The molecule has 0 saturated carbocycles. The Morgan fingerprint density at radius 2 is 2.07 bits per heavy atom. The average molecular weight is 392 g/mol. The van der Waals surface area contributed by atoms with Crippen LogP contribution in [-0.2, 0) is 12.6 Å². The number of aromatic amines is 2. The summed E-state index contributed by atoms with van der Waals surface area (Å²) in [5.41, 5.74) is 1.79. The topological polar surface area (TPSA) is 64.8 Å². The molecule has 28 heavy (non-hydrogen) atoms. The fourth-order valence-electron chi connectivity index (χ4n) is 4.67. The molecule has 0 radical (unpaired) electrons. The first-order chi connectivity index (χ1) is 13.3. The van der Waals surface area contributed by atoms with Gasteiger partial charge in [0.05, 0.1) is 11.6 Å². The second-order valence-corrected chi connectivity index (χ2v) is 7.46. The van der Waals surface area contributed by atoms with Gasteiger partial charge in [-0.2, -0.15) is 18.3 Å². The first kappa shape index (κ1) is 17.3. The lowest BCUT2D eigenvalue weighted by molar-refractivity contribution is -0.141. The smallest absolute Gasteiger partial charge is 0.356 e. The van der Waals surface area contributed by atoms with Crippen molar-refractivity contribution in [2.24, 2.45) is 0 Å². The molecule has 3 aromatic rings. The second-order valence-electron chi connectivity index (χ2n) is 7.46. The van der Waals surface area contributed by atoms with Crippen molar-refractivity contribution in [1.29, 1.82) is 0 Å². The van der Waals surface area contributed by atoms with Gasteiger partial charge in [-0.3, -0.25) is 9.89 Å². The fraction of sp³-hybridized carbons (Fsp3) is 0.368. The van der Waals surface area contributed by atoms with E-state index in [0.29, 0.717) is 18.4 Å². The Balaban J connectivity index is 1.59. The van der Waals surface area contributed by atoms with Gasteiger partial charge in [-0.1, -0.05) is 6.07 Å². The van der Waals surface area contributed by atoms with E-state index in [1.54, 1.807) is 11.0 Å². The molecule has 1 aromatic carbocycles. The number of carbonyl (C=O) groups is 1. The van der Waals surface area contributed by atoms with Gasteiger partial charge >= 0.3 is 6.18 Å². The van der Waals surface area contributed by atoms with Crippen LogP contribution in [0.3, 0.4) is 0 Å². The third kappa shape index (κ3) is 2.31. The van der Waals surface area contributed by atoms with E-state index in [4.69, 9.17) is 0 Å². The molecule has 9 heteroatoms. The monoisotopic (exact) mass is 392 g/mol. The summed E-state index contributed by atoms with van der Waals surface area (Å²) in [7, 11) is 0. The van der Waals surface area contributed by atoms with Crippen molar-refractivity contribution in [1.82, 2.24) is 20.1 Å². The summed E-state index contributed by atoms with van der Waals surface area (Å²) in [5.74, 6) is -0.890. The zero-order valence-electron chi connectivity index (χ0n) is 14.8. The third-order valence-corrected chi connectivity index (χ3v) is 5.85. The predicted molar refractivity (Wildman–Crippen MR) is 92.2 cm³/mol. The van der Waals surface area contributed by atoms with E-state index in [1.165, 1.54) is 6.07 Å². The predicted octanol–water partition coefficient (Wildman–Crippen LogP) is 4.26. The number of carbonyl (C=O) groups excluding carboxylic acids is 1. The molecule has 1 amide bonds. The standard InChI is InChI=1S/C19H16F4N4O/c1-8-2-4-10(20)17-15(8)16-11(24-17)6-9-3-5-13(16)27(9)18(28)12-7-14(26-25-12)19(21,22)23/h2,4,7,9,13,24H,3,5-6H2,1H3,(H,25,26)/t9-,13+/m0/s1. The maximum atomic E-state index is 14.3. The first-order valence-electron chi connectivity index (χ1n) is 9.00. The number of alkyl halides is 3. The average Bonchev–Trinajstić information content (AvgIpc) is 3.33. The summed E-state index contributed by atoms with van der Waals surface area (Å²) in [4.78, 5) is 17.8. The highest BCUT2D eigenvalue weighted by Gasteiger charge is 2.46. The van der Waals surface area contributed by atoms with Gasteiger partial charge in [-0.15, -0.1) is 0 Å². The molecule has 0 aliphatic carbocycles. The van der Waals surface area contributed by atoms with Gasteiger partial charge < -0.3 is 9.88 Å². The van der Waals surface area contributed by atoms with Crippen LogP contribution in [0.4, 0.5) is 17.6 Å². The van der Waals surface area contributed by atoms with Crippen molar-refractivity contribution in [3.05, 3.63) is 52.2 Å². The normalized spacial score (nSPS) is 21.4. The van der Waals surface area contributed by atoms with E-state index in [1.807, 2.05) is 12.0 Å². The van der Waals surface area contributed by atoms with Gasteiger partial charge in [-0.05, 0) is 31.4 Å². The minimum Gasteiger partial charge on any atom is -0.356 e. The van der Waals surface area contributed by atoms with Gasteiger partial charge in [0.25, 0.3) is 5.91 Å². The second kappa shape index (κ2) is 5.59. The minimum atomic E-state index is -4.59. The zero-order chi connectivity index (χ0) is 19.8. The highest BCUT2D eigenvalue weighted by Crippen LogP contribution is 2.48. The van der Waals surface area contributed by atoms with Crippen LogP contribution in [0.25, 0.3) is 10.9 Å². The lowest BCUT2D eigenvalue weighted by Gasteiger charge is -2.34. The Kier molecular flexibility index (Phi) is 3.45. The molecule has 5 nitrogen and oxygen atoms in total. The molecule has 1 saturated heterocycles. The number of hydrogen-bond acceptors (Lipinski definition) is 2. The number of hydrogen-bond donors (Lipinski definition) is 2. The summed E-state index contributed by atoms with van der Waals surface area (Å²) < 4.78 is 52.8. The van der Waals surface area contributed by atoms with Crippen molar-refractivity contribution < 1.29 is 22.4 Å². The molecule has 0 spiro atoms. The molecule has 4 heterocycles. The molecule has 5 rings (SSSR count). The Morgan fingerprint density at radius 1 is 1.29 bits per heavy atom. The van der Waals surface area contributed by atoms with E-state index in [9.17, 15) is 22.4 Å². The van der Waals surface area contributed by atoms with Crippen LogP contribution in [0.2, 0.25) is 0 Å². The van der Waals surface area contributed by atoms with Gasteiger partial charge in [0, 0.05) is 35.2 Å². The number of nitrogens with zero attached hydrogens (tertiary/aromatic N) is 2. The summed E-state index contributed by atoms with van der Waals surface area (Å²) in [6.45, 7) is 1.88. The first-order valence-corrected chi connectivity index (χ1v) is 9.00. The van der Waals surface area contributed by atoms with Gasteiger partial charge in [0.1, 0.15) is 11.5 Å². The number of nitrogens with one attached hydrogen (secondary N) is 2. The zero-order valence-corrected chi connectivity index (χ0v) is 14.8. The highest BCUT2D eigenvalue weighted by molar-refractivity contribution is 5.95. The summed E-state index contributed by atoms with van der Waals surface area (Å²) in [6, 6.07) is 3.40. The van der Waals surface area contributed by atoms with Gasteiger partial charge in [-0.25, -0.2) is 4.39 Å². The molecule has 2 aromatic heterocycles. The molecular formula is C19H16F4N4O. The van der Waals surface area contributed by atoms with Gasteiger partial charge in [0.2, 0.25) is 0 Å². The van der Waals surface area contributed by atoms with Crippen LogP contribution in [-0.4, -0.2) is 32.0 Å². The molecular weight excluding hydrogens is 376 g/mol. The van der Waals surface area contributed by atoms with Crippen molar-refractivity contribution in [3.8, 4) is 0 Å². The van der Waals surface area contributed by atoms with E-state index in [0.717, 1.165) is 34.7 Å². The van der Waals surface area contributed by atoms with Crippen LogP contribution in [0, 0.1) is 12.7 Å². The van der Waals surface area contributed by atoms with Crippen LogP contribution >= 0.6 is 0 Å². The number of halogens is 4. The maximum Gasteiger partial charge on any atom is 0.432 e. The lowest BCUT2D eigenvalue weighted by Crippen LogP contribution is -2.42. The van der Waals surface area contributed by atoms with Crippen LogP contribution in [0.1, 0.15) is 51.9 Å². The molecule has 2 aliphatic rings. The lowest BCUT2D eigenvalue weighted by atomic mass is 9.94. The minimum absolute atomic E-state index is 0.146. The summed E-state index contributed by atoms with van der Waals surface area (Å²) >= 11 is 0. The maximum absolute atomic E-state index is 14.3. The Labute approximate surface area is 156 Å². The molecule has 2 bridgehead atoms. The Morgan fingerprint density at radius 3 is 2.79 bits per heavy atom. The molecule has 1 fully saturated rings. The molecule has 2 atom stereocenters. The fourth-order valence-corrected chi connectivity index (χ4v) is 4.67. The number of H-pyrrole nitrogens is 2. The van der Waals surface area contributed by atoms with Crippen LogP contribution < -0.4 is 0 Å².